The highest BCUT2D eigenvalue weighted by molar-refractivity contribution is 7.21. The maximum atomic E-state index is 13.2. The third-order valence-corrected chi connectivity index (χ3v) is 7.19. The van der Waals surface area contributed by atoms with E-state index in [1.807, 2.05) is 43.1 Å². The Bertz CT molecular complexity index is 1060. The number of nitrogens with zero attached hydrogens (tertiary/aromatic N) is 3. The van der Waals surface area contributed by atoms with Crippen molar-refractivity contribution in [3.8, 4) is 6.07 Å². The predicted molar refractivity (Wildman–Crippen MR) is 118 cm³/mol. The van der Waals surface area contributed by atoms with Crippen molar-refractivity contribution >= 4 is 27.3 Å². The number of hydrogen-bond donors (Lipinski definition) is 0. The van der Waals surface area contributed by atoms with E-state index < -0.39 is 0 Å². The normalized spacial score (nSPS) is 15.3. The minimum absolute atomic E-state index is 0.101. The Morgan fingerprint density at radius 2 is 1.93 bits per heavy atom. The third-order valence-electron chi connectivity index (χ3n) is 5.93. The standard InChI is InChI=1S/C24H25N3OS/c1-17-21-14-19(15-25)8-9-22(21)29-23(17)24(28)26(2)20-10-12-27(13-11-20)16-18-6-4-3-5-7-18/h3-9,14,20H,10-13,16H2,1-2H3. The van der Waals surface area contributed by atoms with Crippen molar-refractivity contribution in [3.63, 3.8) is 0 Å². The molecule has 1 saturated heterocycles. The lowest BCUT2D eigenvalue weighted by Gasteiger charge is -2.36. The van der Waals surface area contributed by atoms with Crippen LogP contribution in [0.15, 0.2) is 48.5 Å². The molecule has 0 atom stereocenters. The highest BCUT2D eigenvalue weighted by atomic mass is 32.1. The van der Waals surface area contributed by atoms with Gasteiger partial charge < -0.3 is 4.90 Å². The summed E-state index contributed by atoms with van der Waals surface area (Å²) in [4.78, 5) is 18.4. The zero-order valence-electron chi connectivity index (χ0n) is 16.9. The van der Waals surface area contributed by atoms with Crippen LogP contribution in [0.25, 0.3) is 10.1 Å². The van der Waals surface area contributed by atoms with Crippen molar-refractivity contribution in [1.29, 1.82) is 5.26 Å². The summed E-state index contributed by atoms with van der Waals surface area (Å²) in [6, 6.07) is 18.7. The van der Waals surface area contributed by atoms with Crippen LogP contribution in [0.5, 0.6) is 0 Å². The van der Waals surface area contributed by atoms with E-state index in [4.69, 9.17) is 5.26 Å². The molecule has 0 aliphatic carbocycles. The van der Waals surface area contributed by atoms with Crippen LogP contribution in [-0.2, 0) is 6.54 Å². The van der Waals surface area contributed by atoms with Gasteiger partial charge in [-0.25, -0.2) is 0 Å². The van der Waals surface area contributed by atoms with E-state index in [2.05, 4.69) is 35.2 Å². The topological polar surface area (TPSA) is 47.3 Å². The molecule has 0 saturated carbocycles. The van der Waals surface area contributed by atoms with Crippen molar-refractivity contribution in [2.24, 2.45) is 0 Å². The minimum Gasteiger partial charge on any atom is -0.338 e. The van der Waals surface area contributed by atoms with Gasteiger partial charge in [0.25, 0.3) is 5.91 Å². The Morgan fingerprint density at radius 1 is 1.21 bits per heavy atom. The number of benzene rings is 2. The van der Waals surface area contributed by atoms with E-state index in [0.717, 1.165) is 53.0 Å². The van der Waals surface area contributed by atoms with Crippen LogP contribution >= 0.6 is 11.3 Å². The molecule has 1 aliphatic rings. The fraction of sp³-hybridized carbons (Fsp3) is 0.333. The molecule has 0 bridgehead atoms. The predicted octanol–water partition coefficient (Wildman–Crippen LogP) is 4.82. The summed E-state index contributed by atoms with van der Waals surface area (Å²) in [5, 5.41) is 10.2. The molecule has 2 aromatic carbocycles. The quantitative estimate of drug-likeness (QED) is 0.628. The zero-order chi connectivity index (χ0) is 20.4. The number of fused-ring (bicyclic) bond motifs is 1. The van der Waals surface area contributed by atoms with Gasteiger partial charge in [-0.3, -0.25) is 9.69 Å². The van der Waals surface area contributed by atoms with Gasteiger partial charge in [-0.1, -0.05) is 30.3 Å². The molecule has 0 unspecified atom stereocenters. The van der Waals surface area contributed by atoms with E-state index in [9.17, 15) is 4.79 Å². The summed E-state index contributed by atoms with van der Waals surface area (Å²) in [5.41, 5.74) is 2.96. The van der Waals surface area contributed by atoms with Crippen LogP contribution in [0.4, 0.5) is 0 Å². The molecule has 148 valence electrons. The number of amides is 1. The first-order valence-corrected chi connectivity index (χ1v) is 10.8. The molecule has 1 fully saturated rings. The van der Waals surface area contributed by atoms with E-state index >= 15 is 0 Å². The summed E-state index contributed by atoms with van der Waals surface area (Å²) in [7, 11) is 1.93. The number of carbonyl (C=O) groups excluding carboxylic acids is 1. The van der Waals surface area contributed by atoms with Gasteiger partial charge in [-0.2, -0.15) is 5.26 Å². The first-order valence-electron chi connectivity index (χ1n) is 10.0. The van der Waals surface area contributed by atoms with Gasteiger partial charge >= 0.3 is 0 Å². The largest absolute Gasteiger partial charge is 0.338 e. The molecule has 3 aromatic rings. The third kappa shape index (κ3) is 4.05. The molecule has 2 heterocycles. The van der Waals surface area contributed by atoms with E-state index in [1.54, 1.807) is 0 Å². The van der Waals surface area contributed by atoms with Gasteiger partial charge in [-0.05, 0) is 54.5 Å². The number of hydrogen-bond acceptors (Lipinski definition) is 4. The maximum absolute atomic E-state index is 13.2. The van der Waals surface area contributed by atoms with Crippen LogP contribution in [0, 0.1) is 18.3 Å². The smallest absolute Gasteiger partial charge is 0.264 e. The molecular weight excluding hydrogens is 378 g/mol. The SMILES string of the molecule is Cc1c(C(=O)N(C)C2CCN(Cc3ccccc3)CC2)sc2ccc(C#N)cc12. The highest BCUT2D eigenvalue weighted by Crippen LogP contribution is 2.33. The van der Waals surface area contributed by atoms with Crippen molar-refractivity contribution in [1.82, 2.24) is 9.80 Å². The van der Waals surface area contributed by atoms with Gasteiger partial charge in [0, 0.05) is 37.4 Å². The van der Waals surface area contributed by atoms with Gasteiger partial charge in [0.2, 0.25) is 0 Å². The highest BCUT2D eigenvalue weighted by Gasteiger charge is 2.28. The zero-order valence-corrected chi connectivity index (χ0v) is 17.7. The van der Waals surface area contributed by atoms with Gasteiger partial charge in [0.1, 0.15) is 0 Å². The summed E-state index contributed by atoms with van der Waals surface area (Å²) >= 11 is 1.53. The summed E-state index contributed by atoms with van der Waals surface area (Å²) in [6.45, 7) is 4.98. The van der Waals surface area contributed by atoms with Crippen LogP contribution < -0.4 is 0 Å². The maximum Gasteiger partial charge on any atom is 0.264 e. The van der Waals surface area contributed by atoms with E-state index in [1.165, 1.54) is 16.9 Å². The van der Waals surface area contributed by atoms with Crippen LogP contribution in [0.1, 0.15) is 39.2 Å². The Kier molecular flexibility index (Phi) is 5.66. The number of rotatable bonds is 4. The number of nitriles is 1. The molecule has 5 heteroatoms. The van der Waals surface area contributed by atoms with Crippen LogP contribution in [0.3, 0.4) is 0 Å². The van der Waals surface area contributed by atoms with Crippen molar-refractivity contribution < 1.29 is 4.79 Å². The Balaban J connectivity index is 1.43. The van der Waals surface area contributed by atoms with E-state index in [-0.39, 0.29) is 11.9 Å². The van der Waals surface area contributed by atoms with Gasteiger partial charge in [0.15, 0.2) is 0 Å². The van der Waals surface area contributed by atoms with E-state index in [0.29, 0.717) is 5.56 Å². The lowest BCUT2D eigenvalue weighted by atomic mass is 10.0. The molecule has 0 spiro atoms. The van der Waals surface area contributed by atoms with Crippen LogP contribution in [-0.4, -0.2) is 41.9 Å². The Hall–Kier alpha value is -2.68. The number of thiophene rings is 1. The molecule has 4 nitrogen and oxygen atoms in total. The number of likely N-dealkylation sites (tertiary alicyclic amines) is 1. The van der Waals surface area contributed by atoms with Gasteiger partial charge in [-0.15, -0.1) is 11.3 Å². The molecule has 1 aromatic heterocycles. The van der Waals surface area contributed by atoms with Crippen molar-refractivity contribution in [2.45, 2.75) is 32.4 Å². The Labute approximate surface area is 176 Å². The molecule has 0 radical (unpaired) electrons. The average Bonchev–Trinajstić information content (AvgIpc) is 3.09. The fourth-order valence-corrected chi connectivity index (χ4v) is 5.30. The summed E-state index contributed by atoms with van der Waals surface area (Å²) in [5.74, 6) is 0.101. The molecule has 0 N–H and O–H groups in total. The summed E-state index contributed by atoms with van der Waals surface area (Å²) in [6.07, 6.45) is 2.00. The lowest BCUT2D eigenvalue weighted by Crippen LogP contribution is -2.45. The lowest BCUT2D eigenvalue weighted by molar-refractivity contribution is 0.0640. The first-order chi connectivity index (χ1) is 14.1. The second kappa shape index (κ2) is 8.36. The van der Waals surface area contributed by atoms with Crippen LogP contribution in [0.2, 0.25) is 0 Å². The first kappa shape index (κ1) is 19.6. The molecule has 1 amide bonds. The minimum atomic E-state index is 0.101. The van der Waals surface area contributed by atoms with Gasteiger partial charge in [0.05, 0.1) is 16.5 Å². The van der Waals surface area contributed by atoms with Crippen molar-refractivity contribution in [2.75, 3.05) is 20.1 Å². The number of carbonyl (C=O) groups is 1. The molecule has 29 heavy (non-hydrogen) atoms. The summed E-state index contributed by atoms with van der Waals surface area (Å²) < 4.78 is 1.07. The van der Waals surface area contributed by atoms with Crippen molar-refractivity contribution in [3.05, 3.63) is 70.1 Å². The second-order valence-corrected chi connectivity index (χ2v) is 8.84. The Morgan fingerprint density at radius 3 is 2.62 bits per heavy atom. The molecule has 4 rings (SSSR count). The number of piperidine rings is 1. The molecular formula is C24H25N3OS. The number of aryl methyl sites for hydroxylation is 1. The second-order valence-electron chi connectivity index (χ2n) is 7.79. The monoisotopic (exact) mass is 403 g/mol. The average molecular weight is 404 g/mol. The fourth-order valence-electron chi connectivity index (χ4n) is 4.13. The molecule has 1 aliphatic heterocycles.